The van der Waals surface area contributed by atoms with Crippen LogP contribution < -0.4 is 10.2 Å². The normalized spacial score (nSPS) is 18.3. The maximum absolute atomic E-state index is 11.5. The fraction of sp³-hybridized carbons (Fsp3) is 0.435. The minimum absolute atomic E-state index is 0.0706. The molecule has 0 bridgehead atoms. The van der Waals surface area contributed by atoms with Gasteiger partial charge >= 0.3 is 0 Å². The molecular weight excluding hydrogens is 386 g/mol. The number of rotatable bonds is 6. The first-order chi connectivity index (χ1) is 14.1. The van der Waals surface area contributed by atoms with E-state index < -0.39 is 6.10 Å². The molecule has 5 nitrogen and oxygen atoms in total. The van der Waals surface area contributed by atoms with Gasteiger partial charge in [0.15, 0.2) is 0 Å². The third-order valence-corrected chi connectivity index (χ3v) is 6.14. The predicted molar refractivity (Wildman–Crippen MR) is 118 cm³/mol. The quantitative estimate of drug-likeness (QED) is 0.755. The fourth-order valence-electron chi connectivity index (χ4n) is 4.19. The van der Waals surface area contributed by atoms with E-state index >= 15 is 0 Å². The van der Waals surface area contributed by atoms with Crippen LogP contribution in [0.25, 0.3) is 0 Å². The van der Waals surface area contributed by atoms with E-state index in [-0.39, 0.29) is 5.91 Å². The molecule has 4 rings (SSSR count). The molecule has 1 fully saturated rings. The molecular formula is C23H28ClN3O2. The number of nitrogens with zero attached hydrogens (tertiary/aromatic N) is 2. The number of aliphatic hydroxyl groups excluding tert-OH is 1. The van der Waals surface area contributed by atoms with Crippen LogP contribution in [-0.2, 0) is 11.2 Å². The number of carbonyl (C=O) groups excluding carboxylic acids is 1. The second kappa shape index (κ2) is 9.16. The Labute approximate surface area is 177 Å². The summed E-state index contributed by atoms with van der Waals surface area (Å²) in [6, 6.07) is 13.9. The Morgan fingerprint density at radius 3 is 2.69 bits per heavy atom. The summed E-state index contributed by atoms with van der Waals surface area (Å²) in [6.45, 7) is 5.06. The zero-order valence-corrected chi connectivity index (χ0v) is 17.4. The molecule has 0 spiro atoms. The number of piperazine rings is 1. The Morgan fingerprint density at radius 2 is 1.90 bits per heavy atom. The van der Waals surface area contributed by atoms with Crippen LogP contribution in [0, 0.1) is 0 Å². The van der Waals surface area contributed by atoms with Gasteiger partial charge in [0.1, 0.15) is 0 Å². The van der Waals surface area contributed by atoms with Crippen LogP contribution in [0.5, 0.6) is 0 Å². The zero-order chi connectivity index (χ0) is 20.2. The Morgan fingerprint density at radius 1 is 1.07 bits per heavy atom. The van der Waals surface area contributed by atoms with Crippen LogP contribution in [0.1, 0.15) is 36.5 Å². The Balaban J connectivity index is 1.22. The average Bonchev–Trinajstić information content (AvgIpc) is 2.74. The van der Waals surface area contributed by atoms with Crippen molar-refractivity contribution in [2.75, 3.05) is 42.9 Å². The topological polar surface area (TPSA) is 55.8 Å². The van der Waals surface area contributed by atoms with Gasteiger partial charge in [-0.2, -0.15) is 0 Å². The van der Waals surface area contributed by atoms with E-state index in [0.717, 1.165) is 73.8 Å². The van der Waals surface area contributed by atoms with Crippen molar-refractivity contribution in [3.05, 3.63) is 58.6 Å². The number of aryl methyl sites for hydroxylation is 1. The van der Waals surface area contributed by atoms with E-state index in [9.17, 15) is 9.90 Å². The van der Waals surface area contributed by atoms with Crippen molar-refractivity contribution in [3.63, 3.8) is 0 Å². The zero-order valence-electron chi connectivity index (χ0n) is 16.6. The van der Waals surface area contributed by atoms with Crippen molar-refractivity contribution < 1.29 is 9.90 Å². The van der Waals surface area contributed by atoms with Crippen molar-refractivity contribution in [2.24, 2.45) is 0 Å². The molecule has 1 atom stereocenters. The van der Waals surface area contributed by atoms with E-state index in [2.05, 4.69) is 21.2 Å². The van der Waals surface area contributed by atoms with Gasteiger partial charge in [0.05, 0.1) is 6.10 Å². The number of carbonyl (C=O) groups is 1. The third kappa shape index (κ3) is 5.10. The molecule has 29 heavy (non-hydrogen) atoms. The molecule has 1 unspecified atom stereocenters. The number of aliphatic hydroxyl groups is 1. The molecule has 0 aromatic heterocycles. The predicted octanol–water partition coefficient (Wildman–Crippen LogP) is 3.86. The number of anilines is 2. The molecule has 0 aliphatic carbocycles. The Kier molecular flexibility index (Phi) is 6.38. The second-order valence-electron chi connectivity index (χ2n) is 7.93. The molecule has 2 aromatic carbocycles. The number of hydrogen-bond donors (Lipinski definition) is 2. The van der Waals surface area contributed by atoms with Crippen LogP contribution in [0.2, 0.25) is 5.02 Å². The van der Waals surface area contributed by atoms with Crippen molar-refractivity contribution >= 4 is 28.9 Å². The lowest BCUT2D eigenvalue weighted by atomic mass is 9.96. The largest absolute Gasteiger partial charge is 0.388 e. The van der Waals surface area contributed by atoms with Crippen molar-refractivity contribution in [2.45, 2.75) is 31.8 Å². The molecule has 6 heteroatoms. The lowest BCUT2D eigenvalue weighted by Crippen LogP contribution is -2.46. The molecule has 0 saturated carbocycles. The van der Waals surface area contributed by atoms with E-state index in [1.54, 1.807) is 0 Å². The van der Waals surface area contributed by atoms with Gasteiger partial charge in [-0.15, -0.1) is 0 Å². The van der Waals surface area contributed by atoms with Crippen molar-refractivity contribution in [1.82, 2.24) is 4.90 Å². The summed E-state index contributed by atoms with van der Waals surface area (Å²) in [4.78, 5) is 16.3. The number of nitrogens with one attached hydrogen (secondary N) is 1. The average molecular weight is 414 g/mol. The second-order valence-corrected chi connectivity index (χ2v) is 8.37. The molecule has 0 radical (unpaired) electrons. The fourth-order valence-corrected chi connectivity index (χ4v) is 4.37. The Bertz CT molecular complexity index is 865. The van der Waals surface area contributed by atoms with Crippen LogP contribution in [0.15, 0.2) is 42.5 Å². The summed E-state index contributed by atoms with van der Waals surface area (Å²) in [5.74, 6) is 0.0706. The monoisotopic (exact) mass is 413 g/mol. The van der Waals surface area contributed by atoms with Gasteiger partial charge < -0.3 is 15.3 Å². The highest BCUT2D eigenvalue weighted by Gasteiger charge is 2.19. The van der Waals surface area contributed by atoms with Crippen molar-refractivity contribution in [3.8, 4) is 0 Å². The highest BCUT2D eigenvalue weighted by molar-refractivity contribution is 6.30. The molecule has 2 N–H and O–H groups in total. The summed E-state index contributed by atoms with van der Waals surface area (Å²) in [6.07, 6.45) is 2.53. The number of benzene rings is 2. The first-order valence-corrected chi connectivity index (χ1v) is 10.8. The summed E-state index contributed by atoms with van der Waals surface area (Å²) >= 11 is 6.11. The SMILES string of the molecule is O=C1CCc2cc(C(O)CCCN3CCN(c4cccc(Cl)c4)CC3)ccc2N1. The first kappa shape index (κ1) is 20.2. The number of fused-ring (bicyclic) bond motifs is 1. The highest BCUT2D eigenvalue weighted by atomic mass is 35.5. The van der Waals surface area contributed by atoms with Crippen LogP contribution >= 0.6 is 11.6 Å². The van der Waals surface area contributed by atoms with Gasteiger partial charge in [0, 0.05) is 49.0 Å². The lowest BCUT2D eigenvalue weighted by molar-refractivity contribution is -0.116. The Hall–Kier alpha value is -2.08. The number of halogens is 1. The van der Waals surface area contributed by atoms with Crippen LogP contribution in [0.3, 0.4) is 0 Å². The van der Waals surface area contributed by atoms with E-state index in [1.807, 2.05) is 36.4 Å². The molecule has 2 heterocycles. The van der Waals surface area contributed by atoms with E-state index in [0.29, 0.717) is 6.42 Å². The molecule has 2 aliphatic heterocycles. The van der Waals surface area contributed by atoms with Crippen LogP contribution in [-0.4, -0.2) is 48.6 Å². The molecule has 154 valence electrons. The molecule has 2 aliphatic rings. The maximum atomic E-state index is 11.5. The number of hydrogen-bond acceptors (Lipinski definition) is 4. The van der Waals surface area contributed by atoms with Gasteiger partial charge in [0.2, 0.25) is 5.91 Å². The molecule has 1 amide bonds. The van der Waals surface area contributed by atoms with Gasteiger partial charge in [0.25, 0.3) is 0 Å². The highest BCUT2D eigenvalue weighted by Crippen LogP contribution is 2.28. The van der Waals surface area contributed by atoms with Gasteiger partial charge in [-0.3, -0.25) is 9.69 Å². The lowest BCUT2D eigenvalue weighted by Gasteiger charge is -2.36. The van der Waals surface area contributed by atoms with E-state index in [1.165, 1.54) is 5.69 Å². The minimum atomic E-state index is -0.453. The van der Waals surface area contributed by atoms with Gasteiger partial charge in [-0.1, -0.05) is 29.8 Å². The summed E-state index contributed by atoms with van der Waals surface area (Å²) in [5.41, 5.74) is 4.15. The minimum Gasteiger partial charge on any atom is -0.388 e. The standard InChI is InChI=1S/C23H28ClN3O2/c24-19-3-1-4-20(16-19)27-13-11-26(12-14-27)10-2-5-22(28)18-6-8-21-17(15-18)7-9-23(29)25-21/h1,3-4,6,8,15-16,22,28H,2,5,7,9-14H2,(H,25,29). The van der Waals surface area contributed by atoms with E-state index in [4.69, 9.17) is 11.6 Å². The third-order valence-electron chi connectivity index (χ3n) is 5.91. The molecule has 2 aromatic rings. The van der Waals surface area contributed by atoms with Crippen molar-refractivity contribution in [1.29, 1.82) is 0 Å². The maximum Gasteiger partial charge on any atom is 0.224 e. The van der Waals surface area contributed by atoms with Gasteiger partial charge in [-0.05, 0) is 61.2 Å². The van der Waals surface area contributed by atoms with Gasteiger partial charge in [-0.25, -0.2) is 0 Å². The van der Waals surface area contributed by atoms with Crippen LogP contribution in [0.4, 0.5) is 11.4 Å². The summed E-state index contributed by atoms with van der Waals surface area (Å²) in [7, 11) is 0. The first-order valence-electron chi connectivity index (χ1n) is 10.4. The summed E-state index contributed by atoms with van der Waals surface area (Å²) < 4.78 is 0. The number of amides is 1. The summed E-state index contributed by atoms with van der Waals surface area (Å²) in [5, 5.41) is 14.3. The smallest absolute Gasteiger partial charge is 0.224 e. The molecule has 1 saturated heterocycles.